The van der Waals surface area contributed by atoms with Gasteiger partial charge in [-0.3, -0.25) is 4.79 Å². The fourth-order valence-corrected chi connectivity index (χ4v) is 1.95. The lowest BCUT2D eigenvalue weighted by Gasteiger charge is -2.14. The first-order valence-corrected chi connectivity index (χ1v) is 5.14. The first-order chi connectivity index (χ1) is 7.16. The Morgan fingerprint density at radius 1 is 1.27 bits per heavy atom. The number of ketones is 1. The molecule has 15 heavy (non-hydrogen) atoms. The number of carbonyl (C=O) groups is 1. The minimum Gasteiger partial charge on any atom is -0.299 e. The van der Waals surface area contributed by atoms with Gasteiger partial charge in [-0.05, 0) is 42.2 Å². The lowest BCUT2D eigenvalue weighted by atomic mass is 9.90. The van der Waals surface area contributed by atoms with E-state index in [2.05, 4.69) is 0 Å². The van der Waals surface area contributed by atoms with Gasteiger partial charge in [0.2, 0.25) is 0 Å². The van der Waals surface area contributed by atoms with E-state index < -0.39 is 0 Å². The molecule has 0 fully saturated rings. The fraction of sp³-hybridized carbons (Fsp3) is 0.308. The molecule has 0 bridgehead atoms. The number of hydrogen-bond donors (Lipinski definition) is 0. The third kappa shape index (κ3) is 2.14. The summed E-state index contributed by atoms with van der Waals surface area (Å²) in [7, 11) is 0. The smallest absolute Gasteiger partial charge is 0.137 e. The number of benzene rings is 1. The van der Waals surface area contributed by atoms with Gasteiger partial charge in [0.1, 0.15) is 11.6 Å². The number of carbonyl (C=O) groups excluding carboxylic acids is 1. The van der Waals surface area contributed by atoms with Crippen LogP contribution >= 0.6 is 0 Å². The van der Waals surface area contributed by atoms with Crippen molar-refractivity contribution in [2.45, 2.75) is 26.2 Å². The van der Waals surface area contributed by atoms with Crippen LogP contribution in [-0.2, 0) is 4.79 Å². The third-order valence-corrected chi connectivity index (χ3v) is 2.78. The zero-order chi connectivity index (χ0) is 10.8. The van der Waals surface area contributed by atoms with Crippen LogP contribution < -0.4 is 0 Å². The van der Waals surface area contributed by atoms with Gasteiger partial charge in [0.05, 0.1) is 0 Å². The van der Waals surface area contributed by atoms with E-state index in [1.54, 1.807) is 6.07 Å². The highest BCUT2D eigenvalue weighted by Gasteiger charge is 2.13. The Balaban J connectivity index is 2.34. The second-order valence-corrected chi connectivity index (χ2v) is 3.93. The molecule has 0 amide bonds. The Hall–Kier alpha value is -1.44. The van der Waals surface area contributed by atoms with Crippen molar-refractivity contribution in [1.82, 2.24) is 0 Å². The molecule has 1 aliphatic carbocycles. The molecular formula is C13H13FO. The second kappa shape index (κ2) is 3.97. The van der Waals surface area contributed by atoms with Gasteiger partial charge in [0.15, 0.2) is 0 Å². The average molecular weight is 204 g/mol. The number of rotatable bonds is 1. The summed E-state index contributed by atoms with van der Waals surface area (Å²) in [5, 5.41) is 0. The van der Waals surface area contributed by atoms with E-state index in [0.717, 1.165) is 17.5 Å². The van der Waals surface area contributed by atoms with Gasteiger partial charge < -0.3 is 0 Å². The monoisotopic (exact) mass is 204 g/mol. The normalized spacial score (nSPS) is 16.4. The topological polar surface area (TPSA) is 17.1 Å². The molecule has 0 aromatic heterocycles. The largest absolute Gasteiger partial charge is 0.299 e. The molecule has 0 aliphatic heterocycles. The highest BCUT2D eigenvalue weighted by molar-refractivity contribution is 5.87. The van der Waals surface area contributed by atoms with Crippen molar-refractivity contribution in [1.29, 1.82) is 0 Å². The maximum Gasteiger partial charge on any atom is 0.137 e. The van der Waals surface area contributed by atoms with Crippen molar-refractivity contribution in [3.05, 3.63) is 41.2 Å². The molecule has 0 N–H and O–H groups in total. The number of hydrogen-bond acceptors (Lipinski definition) is 1. The van der Waals surface area contributed by atoms with Gasteiger partial charge in [0, 0.05) is 12.8 Å². The van der Waals surface area contributed by atoms with Crippen molar-refractivity contribution in [2.24, 2.45) is 0 Å². The van der Waals surface area contributed by atoms with Gasteiger partial charge in [-0.2, -0.15) is 0 Å². The minimum atomic E-state index is -0.205. The number of allylic oxidation sites excluding steroid dienone is 2. The number of halogens is 1. The highest BCUT2D eigenvalue weighted by atomic mass is 19.1. The highest BCUT2D eigenvalue weighted by Crippen LogP contribution is 2.27. The van der Waals surface area contributed by atoms with Crippen molar-refractivity contribution in [2.75, 3.05) is 0 Å². The van der Waals surface area contributed by atoms with Crippen LogP contribution in [0.15, 0.2) is 24.3 Å². The van der Waals surface area contributed by atoms with E-state index in [-0.39, 0.29) is 5.82 Å². The zero-order valence-electron chi connectivity index (χ0n) is 8.72. The molecule has 0 radical (unpaired) electrons. The van der Waals surface area contributed by atoms with E-state index in [9.17, 15) is 9.18 Å². The molecule has 1 aromatic rings. The Morgan fingerprint density at radius 3 is 2.67 bits per heavy atom. The molecule has 0 heterocycles. The fourth-order valence-electron chi connectivity index (χ4n) is 1.95. The molecule has 1 nitrogen and oxygen atoms in total. The minimum absolute atomic E-state index is 0.205. The molecular weight excluding hydrogens is 191 g/mol. The molecule has 0 saturated heterocycles. The summed E-state index contributed by atoms with van der Waals surface area (Å²) in [4.78, 5) is 11.1. The van der Waals surface area contributed by atoms with Crippen LogP contribution in [-0.4, -0.2) is 5.78 Å². The van der Waals surface area contributed by atoms with Crippen LogP contribution in [0.2, 0.25) is 0 Å². The van der Waals surface area contributed by atoms with Gasteiger partial charge in [-0.15, -0.1) is 0 Å². The van der Waals surface area contributed by atoms with Crippen molar-refractivity contribution < 1.29 is 9.18 Å². The van der Waals surface area contributed by atoms with E-state index in [1.807, 2.05) is 13.0 Å². The Labute approximate surface area is 88.6 Å². The van der Waals surface area contributed by atoms with Gasteiger partial charge >= 0.3 is 0 Å². The molecule has 1 aliphatic rings. The van der Waals surface area contributed by atoms with Crippen molar-refractivity contribution in [3.63, 3.8) is 0 Å². The summed E-state index contributed by atoms with van der Waals surface area (Å²) in [5.74, 6) is 0.0854. The van der Waals surface area contributed by atoms with E-state index >= 15 is 0 Å². The standard InChI is InChI=1S/C13H13FO/c1-9-8-11(14)4-7-13(9)10-2-5-12(15)6-3-10/h2,4,7-8H,3,5-6H2,1H3. The number of Topliss-reactive ketones (excluding diaryl/α,β-unsaturated/α-hetero) is 1. The molecule has 0 unspecified atom stereocenters. The molecule has 78 valence electrons. The second-order valence-electron chi connectivity index (χ2n) is 3.93. The van der Waals surface area contributed by atoms with Crippen LogP contribution in [0.5, 0.6) is 0 Å². The molecule has 0 atom stereocenters. The lowest BCUT2D eigenvalue weighted by molar-refractivity contribution is -0.118. The maximum absolute atomic E-state index is 12.9. The van der Waals surface area contributed by atoms with Gasteiger partial charge in [-0.1, -0.05) is 12.1 Å². The molecule has 2 rings (SSSR count). The Bertz CT molecular complexity index is 432. The van der Waals surface area contributed by atoms with Crippen molar-refractivity contribution in [3.8, 4) is 0 Å². The summed E-state index contributed by atoms with van der Waals surface area (Å²) in [5.41, 5.74) is 3.19. The predicted octanol–water partition coefficient (Wildman–Crippen LogP) is 3.27. The van der Waals surface area contributed by atoms with E-state index in [1.165, 1.54) is 17.7 Å². The summed E-state index contributed by atoms with van der Waals surface area (Å²) in [6.45, 7) is 1.90. The maximum atomic E-state index is 12.9. The van der Waals surface area contributed by atoms with Crippen molar-refractivity contribution >= 4 is 11.4 Å². The molecule has 2 heteroatoms. The van der Waals surface area contributed by atoms with E-state index in [0.29, 0.717) is 18.6 Å². The van der Waals surface area contributed by atoms with Crippen LogP contribution in [0.1, 0.15) is 30.4 Å². The number of aryl methyl sites for hydroxylation is 1. The van der Waals surface area contributed by atoms with Crippen LogP contribution in [0.25, 0.3) is 5.57 Å². The quantitative estimate of drug-likeness (QED) is 0.686. The van der Waals surface area contributed by atoms with Crippen LogP contribution in [0.4, 0.5) is 4.39 Å². The summed E-state index contributed by atoms with van der Waals surface area (Å²) < 4.78 is 12.9. The Kier molecular flexibility index (Phi) is 2.67. The van der Waals surface area contributed by atoms with E-state index in [4.69, 9.17) is 0 Å². The summed E-state index contributed by atoms with van der Waals surface area (Å²) in [6, 6.07) is 4.80. The van der Waals surface area contributed by atoms with Crippen LogP contribution in [0, 0.1) is 12.7 Å². The molecule has 1 aromatic carbocycles. The van der Waals surface area contributed by atoms with Crippen LogP contribution in [0.3, 0.4) is 0 Å². The predicted molar refractivity (Wildman–Crippen MR) is 58.0 cm³/mol. The van der Waals surface area contributed by atoms with Gasteiger partial charge in [0.25, 0.3) is 0 Å². The SMILES string of the molecule is Cc1cc(F)ccc1C1=CCC(=O)CC1. The summed E-state index contributed by atoms with van der Waals surface area (Å²) >= 11 is 0. The summed E-state index contributed by atoms with van der Waals surface area (Å²) in [6.07, 6.45) is 3.88. The third-order valence-electron chi connectivity index (χ3n) is 2.78. The first kappa shape index (κ1) is 10.1. The zero-order valence-corrected chi connectivity index (χ0v) is 8.72. The average Bonchev–Trinajstić information content (AvgIpc) is 2.20. The first-order valence-electron chi connectivity index (χ1n) is 5.14. The molecule has 0 saturated carbocycles. The molecule has 0 spiro atoms. The lowest BCUT2D eigenvalue weighted by Crippen LogP contribution is -2.03. The Morgan fingerprint density at radius 2 is 2.07 bits per heavy atom. The van der Waals surface area contributed by atoms with Gasteiger partial charge in [-0.25, -0.2) is 4.39 Å².